The topological polar surface area (TPSA) is 77.5 Å². The quantitative estimate of drug-likeness (QED) is 0.158. The van der Waals surface area contributed by atoms with Gasteiger partial charge in [-0.2, -0.15) is 0 Å². The Morgan fingerprint density at radius 1 is 0.647 bits per heavy atom. The second-order valence-electron chi connectivity index (χ2n) is 13.7. The van der Waals surface area contributed by atoms with Gasteiger partial charge in [-0.15, -0.1) is 0 Å². The number of piperidine rings is 2. The molecule has 2 fully saturated rings. The van der Waals surface area contributed by atoms with E-state index < -0.39 is 17.8 Å². The van der Waals surface area contributed by atoms with Crippen LogP contribution >= 0.6 is 0 Å². The number of carbonyl (C=O) groups is 1. The molecule has 0 unspecified atom stereocenters. The number of amides is 1. The number of rotatable bonds is 9. The molecule has 7 nitrogen and oxygen atoms in total. The Balaban J connectivity index is 1.14. The number of fused-ring (bicyclic) bond motifs is 5. The molecular formula is C44H43NO6. The molecular weight excluding hydrogens is 638 g/mol. The van der Waals surface area contributed by atoms with Gasteiger partial charge in [0.1, 0.15) is 23.7 Å². The summed E-state index contributed by atoms with van der Waals surface area (Å²) in [5.74, 6) is 1.44. The van der Waals surface area contributed by atoms with Gasteiger partial charge in [0.15, 0.2) is 0 Å². The summed E-state index contributed by atoms with van der Waals surface area (Å²) in [7, 11) is 3.32. The van der Waals surface area contributed by atoms with Crippen LogP contribution in [0.15, 0.2) is 127 Å². The van der Waals surface area contributed by atoms with Crippen molar-refractivity contribution in [2.24, 2.45) is 0 Å². The monoisotopic (exact) mass is 681 g/mol. The van der Waals surface area contributed by atoms with E-state index in [1.807, 2.05) is 66.7 Å². The molecule has 1 amide bonds. The number of hydrogen-bond donors (Lipinski definition) is 1. The smallest absolute Gasteiger partial charge is 0.410 e. The molecule has 2 saturated heterocycles. The highest BCUT2D eigenvalue weighted by Crippen LogP contribution is 2.48. The molecule has 5 aromatic rings. The molecule has 5 aromatic carbocycles. The molecule has 3 aliphatic rings. The largest absolute Gasteiger partial charge is 0.497 e. The predicted octanol–water partition coefficient (Wildman–Crippen LogP) is 8.32. The maximum atomic E-state index is 14.3. The summed E-state index contributed by atoms with van der Waals surface area (Å²) in [6.07, 6.45) is 1.10. The van der Waals surface area contributed by atoms with E-state index >= 15 is 0 Å². The highest BCUT2D eigenvalue weighted by atomic mass is 16.6. The Morgan fingerprint density at radius 2 is 1.16 bits per heavy atom. The van der Waals surface area contributed by atoms with Gasteiger partial charge >= 0.3 is 6.09 Å². The molecule has 0 radical (unpaired) electrons. The number of aliphatic hydroxyl groups excluding tert-OH is 1. The maximum Gasteiger partial charge on any atom is 0.410 e. The molecule has 1 N–H and O–H groups in total. The highest BCUT2D eigenvalue weighted by Gasteiger charge is 2.51. The van der Waals surface area contributed by atoms with E-state index in [9.17, 15) is 9.90 Å². The van der Waals surface area contributed by atoms with Crippen molar-refractivity contribution in [1.82, 2.24) is 4.90 Å². The van der Waals surface area contributed by atoms with Crippen LogP contribution in [0.25, 0.3) is 11.1 Å². The van der Waals surface area contributed by atoms with Crippen molar-refractivity contribution in [2.75, 3.05) is 20.8 Å². The first-order chi connectivity index (χ1) is 25.0. The standard InChI is InChI=1S/C44H43NO6/c1-48-32-20-16-30(17-21-32)44(29-10-4-3-5-11-29,31-18-22-33(49-2)23-19-31)51-42-27-25-39-41(46)26-24-40(42)45(39)43(47)50-28-38-36-14-8-6-12-34(36)35-13-7-9-15-37(35)38/h3-23,38-42,46H,24-28H2,1-2H3/t39-,40-,41-,42-/m0/s1. The van der Waals surface area contributed by atoms with Crippen LogP contribution in [0.3, 0.4) is 0 Å². The number of hydrogen-bond acceptors (Lipinski definition) is 6. The van der Waals surface area contributed by atoms with Gasteiger partial charge in [0, 0.05) is 5.92 Å². The van der Waals surface area contributed by atoms with Crippen LogP contribution in [0, 0.1) is 0 Å². The lowest BCUT2D eigenvalue weighted by atomic mass is 9.77. The van der Waals surface area contributed by atoms with Gasteiger partial charge in [0.05, 0.1) is 38.5 Å². The zero-order chi connectivity index (χ0) is 35.0. The normalized spacial score (nSPS) is 21.0. The SMILES string of the molecule is COc1ccc(C(O[C@H]2CC[C@H]3[C@@H](O)CC[C@@H]2N3C(=O)OCC2c3ccccc3-c3ccccc32)(c2ccccc2)c2ccc(OC)cc2)cc1. The average molecular weight is 682 g/mol. The summed E-state index contributed by atoms with van der Waals surface area (Å²) in [5.41, 5.74) is 6.50. The minimum atomic E-state index is -1.03. The summed E-state index contributed by atoms with van der Waals surface area (Å²) >= 11 is 0. The van der Waals surface area contributed by atoms with Gasteiger partial charge in [0.25, 0.3) is 0 Å². The first kappa shape index (κ1) is 33.1. The van der Waals surface area contributed by atoms with Crippen molar-refractivity contribution in [2.45, 2.75) is 61.5 Å². The minimum Gasteiger partial charge on any atom is -0.497 e. The number of benzene rings is 5. The van der Waals surface area contributed by atoms with E-state index in [2.05, 4.69) is 60.7 Å². The van der Waals surface area contributed by atoms with Crippen LogP contribution in [-0.2, 0) is 15.1 Å². The van der Waals surface area contributed by atoms with Crippen molar-refractivity contribution in [1.29, 1.82) is 0 Å². The summed E-state index contributed by atoms with van der Waals surface area (Å²) < 4.78 is 24.9. The van der Waals surface area contributed by atoms with Gasteiger partial charge < -0.3 is 24.1 Å². The number of carbonyl (C=O) groups excluding carboxylic acids is 1. The fourth-order valence-corrected chi connectivity index (χ4v) is 8.66. The molecule has 51 heavy (non-hydrogen) atoms. The molecule has 7 heteroatoms. The first-order valence-electron chi connectivity index (χ1n) is 17.9. The van der Waals surface area contributed by atoms with E-state index in [-0.39, 0.29) is 30.7 Å². The second kappa shape index (κ2) is 13.9. The summed E-state index contributed by atoms with van der Waals surface area (Å²) in [5, 5.41) is 11.2. The lowest BCUT2D eigenvalue weighted by Gasteiger charge is -2.52. The van der Waals surface area contributed by atoms with E-state index in [4.69, 9.17) is 18.9 Å². The Hall–Kier alpha value is -5.11. The molecule has 260 valence electrons. The molecule has 4 atom stereocenters. The second-order valence-corrected chi connectivity index (χ2v) is 13.7. The van der Waals surface area contributed by atoms with E-state index in [0.717, 1.165) is 28.2 Å². The van der Waals surface area contributed by atoms with Gasteiger partial charge in [-0.25, -0.2) is 4.79 Å². The van der Waals surface area contributed by atoms with Gasteiger partial charge in [-0.1, -0.05) is 103 Å². The lowest BCUT2D eigenvalue weighted by Crippen LogP contribution is -2.64. The highest BCUT2D eigenvalue weighted by molar-refractivity contribution is 5.79. The third kappa shape index (κ3) is 5.84. The predicted molar refractivity (Wildman–Crippen MR) is 196 cm³/mol. The average Bonchev–Trinajstić information content (AvgIpc) is 3.51. The zero-order valence-electron chi connectivity index (χ0n) is 29.0. The van der Waals surface area contributed by atoms with Crippen molar-refractivity contribution in [3.05, 3.63) is 155 Å². The lowest BCUT2D eigenvalue weighted by molar-refractivity contribution is -0.143. The summed E-state index contributed by atoms with van der Waals surface area (Å²) in [4.78, 5) is 16.1. The van der Waals surface area contributed by atoms with Crippen LogP contribution in [0.1, 0.15) is 59.4 Å². The molecule has 1 aliphatic carbocycles. The van der Waals surface area contributed by atoms with E-state index in [0.29, 0.717) is 25.7 Å². The molecule has 0 saturated carbocycles. The van der Waals surface area contributed by atoms with E-state index in [1.165, 1.54) is 22.3 Å². The Morgan fingerprint density at radius 3 is 1.73 bits per heavy atom. The van der Waals surface area contributed by atoms with Gasteiger partial charge in [-0.3, -0.25) is 4.90 Å². The summed E-state index contributed by atoms with van der Waals surface area (Å²) in [6.45, 7) is 0.218. The number of ether oxygens (including phenoxy) is 4. The Kier molecular flexibility index (Phi) is 9.01. The fourth-order valence-electron chi connectivity index (χ4n) is 8.66. The van der Waals surface area contributed by atoms with Crippen LogP contribution < -0.4 is 9.47 Å². The molecule has 0 aromatic heterocycles. The number of aliphatic hydroxyl groups is 1. The maximum absolute atomic E-state index is 14.3. The van der Waals surface area contributed by atoms with Crippen LogP contribution in [-0.4, -0.2) is 61.2 Å². The Labute approximate surface area is 299 Å². The molecule has 8 rings (SSSR count). The minimum absolute atomic E-state index is 0.0566. The number of nitrogens with zero attached hydrogens (tertiary/aromatic N) is 1. The number of methoxy groups -OCH3 is 2. The molecule has 0 spiro atoms. The Bertz CT molecular complexity index is 1880. The van der Waals surface area contributed by atoms with Crippen molar-refractivity contribution < 1.29 is 28.8 Å². The van der Waals surface area contributed by atoms with E-state index in [1.54, 1.807) is 19.1 Å². The molecule has 2 aliphatic heterocycles. The van der Waals surface area contributed by atoms with Crippen molar-refractivity contribution in [3.8, 4) is 22.6 Å². The summed E-state index contributed by atoms with van der Waals surface area (Å²) in [6, 6.07) is 42.3. The molecule has 2 heterocycles. The van der Waals surface area contributed by atoms with Crippen LogP contribution in [0.4, 0.5) is 4.79 Å². The van der Waals surface area contributed by atoms with Gasteiger partial charge in [-0.05, 0) is 88.9 Å². The van der Waals surface area contributed by atoms with Crippen LogP contribution in [0.2, 0.25) is 0 Å². The third-order valence-electron chi connectivity index (χ3n) is 11.1. The first-order valence-corrected chi connectivity index (χ1v) is 17.9. The molecule has 2 bridgehead atoms. The fraction of sp³-hybridized carbons (Fsp3) is 0.295. The third-order valence-corrected chi connectivity index (χ3v) is 11.1. The van der Waals surface area contributed by atoms with Crippen molar-refractivity contribution in [3.63, 3.8) is 0 Å². The van der Waals surface area contributed by atoms with Crippen LogP contribution in [0.5, 0.6) is 11.5 Å². The zero-order valence-corrected chi connectivity index (χ0v) is 29.0. The van der Waals surface area contributed by atoms with Crippen molar-refractivity contribution >= 4 is 6.09 Å². The van der Waals surface area contributed by atoms with Gasteiger partial charge in [0.2, 0.25) is 0 Å².